The number of nitrogens with zero attached hydrogens (tertiary/aromatic N) is 2. The van der Waals surface area contributed by atoms with Crippen molar-refractivity contribution in [2.75, 3.05) is 0 Å². The molecule has 1 aromatic heterocycles. The highest BCUT2D eigenvalue weighted by molar-refractivity contribution is 5.12. The minimum Gasteiger partial charge on any atom is -0.487 e. The summed E-state index contributed by atoms with van der Waals surface area (Å²) in [5.41, 5.74) is 0. The van der Waals surface area contributed by atoms with E-state index in [1.54, 1.807) is 0 Å². The molecule has 0 aliphatic heterocycles. The fourth-order valence-electron chi connectivity index (χ4n) is 1.56. The molecule has 3 heteroatoms. The minimum atomic E-state index is 0.451. The van der Waals surface area contributed by atoms with E-state index in [2.05, 4.69) is 18.9 Å². The SMILES string of the molecule is CC(C)Cn1cc(OC2CCC2)cn1. The van der Waals surface area contributed by atoms with Crippen molar-refractivity contribution >= 4 is 0 Å². The fraction of sp³-hybridized carbons (Fsp3) is 0.727. The highest BCUT2D eigenvalue weighted by atomic mass is 16.5. The highest BCUT2D eigenvalue weighted by Crippen LogP contribution is 2.24. The zero-order valence-corrected chi connectivity index (χ0v) is 8.94. The second kappa shape index (κ2) is 4.03. The molecule has 0 bridgehead atoms. The van der Waals surface area contributed by atoms with Crippen LogP contribution in [0.3, 0.4) is 0 Å². The quantitative estimate of drug-likeness (QED) is 0.736. The van der Waals surface area contributed by atoms with Crippen LogP contribution < -0.4 is 4.74 Å². The van der Waals surface area contributed by atoms with Crippen LogP contribution in [0.15, 0.2) is 12.4 Å². The van der Waals surface area contributed by atoms with E-state index in [1.807, 2.05) is 17.1 Å². The first-order valence-electron chi connectivity index (χ1n) is 5.43. The summed E-state index contributed by atoms with van der Waals surface area (Å²) in [5, 5.41) is 4.26. The molecule has 0 amide bonds. The van der Waals surface area contributed by atoms with Gasteiger partial charge in [-0.3, -0.25) is 4.68 Å². The van der Waals surface area contributed by atoms with Gasteiger partial charge in [-0.2, -0.15) is 5.10 Å². The van der Waals surface area contributed by atoms with E-state index in [4.69, 9.17) is 4.74 Å². The van der Waals surface area contributed by atoms with E-state index in [0.29, 0.717) is 12.0 Å². The number of hydrogen-bond donors (Lipinski definition) is 0. The first-order valence-corrected chi connectivity index (χ1v) is 5.43. The van der Waals surface area contributed by atoms with E-state index >= 15 is 0 Å². The Morgan fingerprint density at radius 2 is 2.36 bits per heavy atom. The van der Waals surface area contributed by atoms with Crippen molar-refractivity contribution in [1.29, 1.82) is 0 Å². The molecule has 1 fully saturated rings. The van der Waals surface area contributed by atoms with Crippen molar-refractivity contribution in [2.45, 2.75) is 45.8 Å². The Morgan fingerprint density at radius 3 is 2.93 bits per heavy atom. The van der Waals surface area contributed by atoms with Crippen LogP contribution in [0.2, 0.25) is 0 Å². The van der Waals surface area contributed by atoms with Crippen LogP contribution in [-0.2, 0) is 6.54 Å². The summed E-state index contributed by atoms with van der Waals surface area (Å²) in [7, 11) is 0. The van der Waals surface area contributed by atoms with Gasteiger partial charge in [0.1, 0.15) is 0 Å². The van der Waals surface area contributed by atoms with Gasteiger partial charge in [0, 0.05) is 6.54 Å². The Bertz CT molecular complexity index is 289. The first-order chi connectivity index (χ1) is 6.74. The summed E-state index contributed by atoms with van der Waals surface area (Å²) in [5.74, 6) is 1.56. The Balaban J connectivity index is 1.88. The standard InChI is InChI=1S/C11H18N2O/c1-9(2)7-13-8-11(6-12-13)14-10-4-3-5-10/h6,8-10H,3-5,7H2,1-2H3. The lowest BCUT2D eigenvalue weighted by molar-refractivity contribution is 0.120. The van der Waals surface area contributed by atoms with Gasteiger partial charge in [-0.15, -0.1) is 0 Å². The number of rotatable bonds is 4. The van der Waals surface area contributed by atoms with Crippen LogP contribution in [0.1, 0.15) is 33.1 Å². The predicted molar refractivity (Wildman–Crippen MR) is 55.3 cm³/mol. The van der Waals surface area contributed by atoms with Crippen LogP contribution in [0.4, 0.5) is 0 Å². The summed E-state index contributed by atoms with van der Waals surface area (Å²) in [6.45, 7) is 5.34. The molecule has 1 aliphatic carbocycles. The largest absolute Gasteiger partial charge is 0.487 e. The van der Waals surface area contributed by atoms with Crippen molar-refractivity contribution in [1.82, 2.24) is 9.78 Å². The molecule has 1 aromatic rings. The molecule has 0 spiro atoms. The molecule has 0 unspecified atom stereocenters. The third-order valence-electron chi connectivity index (χ3n) is 2.52. The minimum absolute atomic E-state index is 0.451. The van der Waals surface area contributed by atoms with Crippen molar-refractivity contribution in [2.24, 2.45) is 5.92 Å². The predicted octanol–water partition coefficient (Wildman–Crippen LogP) is 2.47. The van der Waals surface area contributed by atoms with Crippen molar-refractivity contribution in [3.63, 3.8) is 0 Å². The topological polar surface area (TPSA) is 27.1 Å². The zero-order chi connectivity index (χ0) is 9.97. The summed E-state index contributed by atoms with van der Waals surface area (Å²) in [4.78, 5) is 0. The Hall–Kier alpha value is -0.990. The molecular weight excluding hydrogens is 176 g/mol. The molecule has 78 valence electrons. The number of aromatic nitrogens is 2. The second-order valence-corrected chi connectivity index (χ2v) is 4.46. The lowest BCUT2D eigenvalue weighted by atomic mass is 9.96. The number of hydrogen-bond acceptors (Lipinski definition) is 2. The van der Waals surface area contributed by atoms with Gasteiger partial charge >= 0.3 is 0 Å². The Morgan fingerprint density at radius 1 is 1.57 bits per heavy atom. The molecule has 3 nitrogen and oxygen atoms in total. The monoisotopic (exact) mass is 194 g/mol. The molecule has 1 saturated carbocycles. The molecule has 0 N–H and O–H groups in total. The van der Waals surface area contributed by atoms with Gasteiger partial charge in [0.05, 0.1) is 18.5 Å². The van der Waals surface area contributed by atoms with E-state index in [1.165, 1.54) is 19.3 Å². The fourth-order valence-corrected chi connectivity index (χ4v) is 1.56. The zero-order valence-electron chi connectivity index (χ0n) is 8.94. The van der Waals surface area contributed by atoms with Crippen LogP contribution in [0.25, 0.3) is 0 Å². The average Bonchev–Trinajstić information content (AvgIpc) is 2.44. The van der Waals surface area contributed by atoms with E-state index in [0.717, 1.165) is 12.3 Å². The lowest BCUT2D eigenvalue weighted by Crippen LogP contribution is -2.24. The smallest absolute Gasteiger partial charge is 0.157 e. The molecule has 1 aliphatic rings. The molecule has 0 radical (unpaired) electrons. The maximum Gasteiger partial charge on any atom is 0.157 e. The molecule has 2 rings (SSSR count). The number of ether oxygens (including phenoxy) is 1. The van der Waals surface area contributed by atoms with Crippen molar-refractivity contribution in [3.8, 4) is 5.75 Å². The maximum atomic E-state index is 5.73. The summed E-state index contributed by atoms with van der Waals surface area (Å²) in [6.07, 6.45) is 7.99. The summed E-state index contributed by atoms with van der Waals surface area (Å²) in [6, 6.07) is 0. The molecule has 0 saturated heterocycles. The maximum absolute atomic E-state index is 5.73. The molecule has 0 aromatic carbocycles. The summed E-state index contributed by atoms with van der Waals surface area (Å²) < 4.78 is 7.69. The molecule has 0 atom stereocenters. The Labute approximate surface area is 85.1 Å². The van der Waals surface area contributed by atoms with E-state index in [9.17, 15) is 0 Å². The first kappa shape index (κ1) is 9.56. The van der Waals surface area contributed by atoms with Crippen LogP contribution >= 0.6 is 0 Å². The van der Waals surface area contributed by atoms with Crippen molar-refractivity contribution in [3.05, 3.63) is 12.4 Å². The third kappa shape index (κ3) is 2.28. The van der Waals surface area contributed by atoms with Gasteiger partial charge in [-0.1, -0.05) is 13.8 Å². The normalized spacial score (nSPS) is 17.1. The average molecular weight is 194 g/mol. The summed E-state index contributed by atoms with van der Waals surface area (Å²) >= 11 is 0. The Kier molecular flexibility index (Phi) is 2.75. The molecule has 1 heterocycles. The lowest BCUT2D eigenvalue weighted by Gasteiger charge is -2.25. The second-order valence-electron chi connectivity index (χ2n) is 4.46. The third-order valence-corrected chi connectivity index (χ3v) is 2.52. The van der Waals surface area contributed by atoms with Crippen LogP contribution in [-0.4, -0.2) is 15.9 Å². The van der Waals surface area contributed by atoms with Crippen LogP contribution in [0.5, 0.6) is 5.75 Å². The van der Waals surface area contributed by atoms with Gasteiger partial charge < -0.3 is 4.74 Å². The van der Waals surface area contributed by atoms with Crippen molar-refractivity contribution < 1.29 is 4.74 Å². The van der Waals surface area contributed by atoms with E-state index < -0.39 is 0 Å². The van der Waals surface area contributed by atoms with Gasteiger partial charge in [0.25, 0.3) is 0 Å². The van der Waals surface area contributed by atoms with Gasteiger partial charge in [0.15, 0.2) is 5.75 Å². The molecular formula is C11H18N2O. The van der Waals surface area contributed by atoms with Gasteiger partial charge in [-0.25, -0.2) is 0 Å². The van der Waals surface area contributed by atoms with E-state index in [-0.39, 0.29) is 0 Å². The molecule has 14 heavy (non-hydrogen) atoms. The highest BCUT2D eigenvalue weighted by Gasteiger charge is 2.19. The van der Waals surface area contributed by atoms with Crippen LogP contribution in [0, 0.1) is 5.92 Å². The van der Waals surface area contributed by atoms with Gasteiger partial charge in [0.2, 0.25) is 0 Å². The van der Waals surface area contributed by atoms with Gasteiger partial charge in [-0.05, 0) is 25.2 Å².